The molecule has 19 heavy (non-hydrogen) atoms. The average Bonchev–Trinajstić information content (AvgIpc) is 2.24. The Kier molecular flexibility index (Phi) is 7.94. The highest BCUT2D eigenvalue weighted by molar-refractivity contribution is 5.80. The van der Waals surface area contributed by atoms with Crippen LogP contribution in [0.3, 0.4) is 0 Å². The van der Waals surface area contributed by atoms with Crippen LogP contribution in [0.5, 0.6) is 0 Å². The van der Waals surface area contributed by atoms with Crippen molar-refractivity contribution in [1.29, 1.82) is 0 Å². The van der Waals surface area contributed by atoms with Gasteiger partial charge in [0.1, 0.15) is 0 Å². The van der Waals surface area contributed by atoms with Crippen molar-refractivity contribution in [3.63, 3.8) is 0 Å². The number of nitrogens with zero attached hydrogens (tertiary/aromatic N) is 1. The molecule has 0 aliphatic heterocycles. The van der Waals surface area contributed by atoms with Crippen LogP contribution >= 0.6 is 0 Å². The van der Waals surface area contributed by atoms with Crippen LogP contribution < -0.4 is 10.6 Å². The molecule has 2 N–H and O–H groups in total. The van der Waals surface area contributed by atoms with E-state index in [1.165, 1.54) is 7.05 Å². The Balaban J connectivity index is 3.81. The molecular weight excluding hydrogens is 263 g/mol. The Morgan fingerprint density at radius 2 is 1.84 bits per heavy atom. The molecule has 8 heteroatoms. The lowest BCUT2D eigenvalue weighted by Gasteiger charge is -2.13. The number of ether oxygens (including phenoxy) is 1. The average molecular weight is 283 g/mol. The van der Waals surface area contributed by atoms with Crippen LogP contribution in [0.25, 0.3) is 0 Å². The van der Waals surface area contributed by atoms with Gasteiger partial charge in [0, 0.05) is 20.1 Å². The van der Waals surface area contributed by atoms with Crippen LogP contribution in [0.1, 0.15) is 26.7 Å². The number of carbonyl (C=O) groups excluding carboxylic acids is 1. The summed E-state index contributed by atoms with van der Waals surface area (Å²) in [6.07, 6.45) is -5.20. The van der Waals surface area contributed by atoms with Gasteiger partial charge in [-0.3, -0.25) is 9.79 Å². The third-order valence-electron chi connectivity index (χ3n) is 1.91. The number of hydrogen-bond acceptors (Lipinski definition) is 3. The number of rotatable bonds is 6. The summed E-state index contributed by atoms with van der Waals surface area (Å²) in [5.41, 5.74) is 0. The van der Waals surface area contributed by atoms with E-state index in [-0.39, 0.29) is 37.5 Å². The van der Waals surface area contributed by atoms with Crippen molar-refractivity contribution in [1.82, 2.24) is 10.6 Å². The number of esters is 1. The second-order valence-corrected chi connectivity index (χ2v) is 4.08. The molecule has 0 aliphatic carbocycles. The first-order chi connectivity index (χ1) is 8.74. The van der Waals surface area contributed by atoms with E-state index in [4.69, 9.17) is 4.74 Å². The molecule has 0 rings (SSSR count). The van der Waals surface area contributed by atoms with Gasteiger partial charge >= 0.3 is 12.1 Å². The standard InChI is InChI=1S/C11H20F3N3O2/c1-8(2)19-9(18)4-6-16-10(15-3)17-7-5-11(12,13)14/h8H,4-7H2,1-3H3,(H2,15,16,17). The van der Waals surface area contributed by atoms with Crippen molar-refractivity contribution in [3.8, 4) is 0 Å². The quantitative estimate of drug-likeness (QED) is 0.440. The van der Waals surface area contributed by atoms with Crippen molar-refractivity contribution in [2.45, 2.75) is 39.0 Å². The van der Waals surface area contributed by atoms with E-state index in [2.05, 4.69) is 15.6 Å². The topological polar surface area (TPSA) is 62.7 Å². The molecule has 0 amide bonds. The van der Waals surface area contributed by atoms with Crippen LogP contribution in [0, 0.1) is 0 Å². The van der Waals surface area contributed by atoms with E-state index in [0.29, 0.717) is 0 Å². The van der Waals surface area contributed by atoms with Crippen molar-refractivity contribution in [2.24, 2.45) is 4.99 Å². The van der Waals surface area contributed by atoms with Crippen LogP contribution in [0.15, 0.2) is 4.99 Å². The van der Waals surface area contributed by atoms with Gasteiger partial charge in [-0.15, -0.1) is 0 Å². The molecule has 0 saturated heterocycles. The van der Waals surface area contributed by atoms with Gasteiger partial charge in [0.05, 0.1) is 18.9 Å². The zero-order valence-corrected chi connectivity index (χ0v) is 11.3. The van der Waals surface area contributed by atoms with E-state index in [0.717, 1.165) is 0 Å². The first kappa shape index (κ1) is 17.5. The predicted octanol–water partition coefficient (Wildman–Crippen LogP) is 1.45. The highest BCUT2D eigenvalue weighted by atomic mass is 19.4. The summed E-state index contributed by atoms with van der Waals surface area (Å²) in [5.74, 6) is -0.144. The predicted molar refractivity (Wildman–Crippen MR) is 65.9 cm³/mol. The first-order valence-electron chi connectivity index (χ1n) is 5.95. The van der Waals surface area contributed by atoms with Crippen molar-refractivity contribution >= 4 is 11.9 Å². The molecule has 0 aromatic heterocycles. The number of hydrogen-bond donors (Lipinski definition) is 2. The maximum absolute atomic E-state index is 11.9. The first-order valence-corrected chi connectivity index (χ1v) is 5.95. The zero-order chi connectivity index (χ0) is 14.9. The van der Waals surface area contributed by atoms with Gasteiger partial charge in [0.15, 0.2) is 5.96 Å². The van der Waals surface area contributed by atoms with Gasteiger partial charge in [0.25, 0.3) is 0 Å². The summed E-state index contributed by atoms with van der Waals surface area (Å²) in [7, 11) is 1.44. The third kappa shape index (κ3) is 11.4. The van der Waals surface area contributed by atoms with Gasteiger partial charge in [-0.1, -0.05) is 0 Å². The van der Waals surface area contributed by atoms with Crippen molar-refractivity contribution < 1.29 is 22.7 Å². The minimum Gasteiger partial charge on any atom is -0.463 e. The molecule has 0 aliphatic rings. The molecule has 0 bridgehead atoms. The van der Waals surface area contributed by atoms with E-state index in [1.807, 2.05) is 0 Å². The summed E-state index contributed by atoms with van der Waals surface area (Å²) in [6, 6.07) is 0. The summed E-state index contributed by atoms with van der Waals surface area (Å²) in [4.78, 5) is 14.9. The Morgan fingerprint density at radius 1 is 1.26 bits per heavy atom. The number of guanidine groups is 1. The van der Waals surface area contributed by atoms with Gasteiger partial charge in [-0.25, -0.2) is 0 Å². The van der Waals surface area contributed by atoms with Gasteiger partial charge in [-0.2, -0.15) is 13.2 Å². The van der Waals surface area contributed by atoms with E-state index < -0.39 is 12.6 Å². The molecule has 0 aromatic rings. The van der Waals surface area contributed by atoms with Crippen LogP contribution in [-0.2, 0) is 9.53 Å². The molecule has 0 saturated carbocycles. The molecule has 5 nitrogen and oxygen atoms in total. The minimum atomic E-state index is -4.20. The summed E-state index contributed by atoms with van der Waals surface area (Å²) < 4.78 is 40.7. The van der Waals surface area contributed by atoms with Crippen molar-refractivity contribution in [3.05, 3.63) is 0 Å². The van der Waals surface area contributed by atoms with Crippen molar-refractivity contribution in [2.75, 3.05) is 20.1 Å². The molecule has 112 valence electrons. The Morgan fingerprint density at radius 3 is 2.32 bits per heavy atom. The SMILES string of the molecule is CN=C(NCCC(=O)OC(C)C)NCCC(F)(F)F. The maximum atomic E-state index is 11.9. The fourth-order valence-corrected chi connectivity index (χ4v) is 1.15. The Bertz CT molecular complexity index is 304. The van der Waals surface area contributed by atoms with E-state index in [1.54, 1.807) is 13.8 Å². The lowest BCUT2D eigenvalue weighted by molar-refractivity contribution is -0.147. The summed E-state index contributed by atoms with van der Waals surface area (Å²) in [6.45, 7) is 3.46. The third-order valence-corrected chi connectivity index (χ3v) is 1.91. The zero-order valence-electron chi connectivity index (χ0n) is 11.3. The fourth-order valence-electron chi connectivity index (χ4n) is 1.15. The molecule has 0 spiro atoms. The maximum Gasteiger partial charge on any atom is 0.390 e. The lowest BCUT2D eigenvalue weighted by atomic mass is 10.4. The largest absolute Gasteiger partial charge is 0.463 e. The van der Waals surface area contributed by atoms with Gasteiger partial charge < -0.3 is 15.4 Å². The van der Waals surface area contributed by atoms with Gasteiger partial charge in [0.2, 0.25) is 0 Å². The molecule has 0 radical (unpaired) electrons. The number of halogens is 3. The molecule has 0 heterocycles. The fraction of sp³-hybridized carbons (Fsp3) is 0.818. The van der Waals surface area contributed by atoms with Crippen LogP contribution in [0.2, 0.25) is 0 Å². The smallest absolute Gasteiger partial charge is 0.390 e. The molecule has 0 unspecified atom stereocenters. The lowest BCUT2D eigenvalue weighted by Crippen LogP contribution is -2.39. The van der Waals surface area contributed by atoms with E-state index in [9.17, 15) is 18.0 Å². The second kappa shape index (κ2) is 8.60. The molecule has 0 atom stereocenters. The molecule has 0 aromatic carbocycles. The minimum absolute atomic E-state index is 0.123. The number of aliphatic imine (C=N–C) groups is 1. The highest BCUT2D eigenvalue weighted by Gasteiger charge is 2.26. The monoisotopic (exact) mass is 283 g/mol. The summed E-state index contributed by atoms with van der Waals surface area (Å²) >= 11 is 0. The highest BCUT2D eigenvalue weighted by Crippen LogP contribution is 2.17. The normalized spacial score (nSPS) is 12.5. The molecular formula is C11H20F3N3O2. The molecule has 0 fully saturated rings. The number of alkyl halides is 3. The number of nitrogens with one attached hydrogen (secondary N) is 2. The second-order valence-electron chi connectivity index (χ2n) is 4.08. The van der Waals surface area contributed by atoms with Crippen LogP contribution in [-0.4, -0.2) is 44.3 Å². The van der Waals surface area contributed by atoms with E-state index >= 15 is 0 Å². The summed E-state index contributed by atoms with van der Waals surface area (Å²) in [5, 5.41) is 5.24. The van der Waals surface area contributed by atoms with Crippen LogP contribution in [0.4, 0.5) is 13.2 Å². The number of carbonyl (C=O) groups is 1. The Hall–Kier alpha value is -1.47. The Labute approximate surface area is 110 Å². The van der Waals surface area contributed by atoms with Gasteiger partial charge in [-0.05, 0) is 13.8 Å².